The first-order valence-electron chi connectivity index (χ1n) is 10.2. The maximum atomic E-state index is 2.44. The molecule has 0 fully saturated rings. The van der Waals surface area contributed by atoms with Gasteiger partial charge in [-0.05, 0) is 56.9 Å². The van der Waals surface area contributed by atoms with Gasteiger partial charge in [0.15, 0.2) is 0 Å². The Balaban J connectivity index is 2.22. The van der Waals surface area contributed by atoms with Crippen molar-refractivity contribution in [1.82, 2.24) is 0 Å². The molecule has 0 unspecified atom stereocenters. The first kappa shape index (κ1) is 21.9. The summed E-state index contributed by atoms with van der Waals surface area (Å²) >= 11 is 0. The standard InChI is InChI=1S/C24H38P2/c1-17(2)25(18(3)4)15-21-9-11-24-14-22(10-12-23(24)13-21)16-26(19(5)6)20(7)8/h9-14,17-20H,15-16H2,1-8H3. The Bertz CT molecular complexity index is 623. The van der Waals surface area contributed by atoms with E-state index in [0.29, 0.717) is 0 Å². The second-order valence-electron chi connectivity index (χ2n) is 8.74. The van der Waals surface area contributed by atoms with E-state index in [1.807, 2.05) is 0 Å². The van der Waals surface area contributed by atoms with Gasteiger partial charge in [0.05, 0.1) is 0 Å². The summed E-state index contributed by atoms with van der Waals surface area (Å²) in [6, 6.07) is 14.3. The van der Waals surface area contributed by atoms with Gasteiger partial charge in [-0.25, -0.2) is 0 Å². The van der Waals surface area contributed by atoms with Crippen molar-refractivity contribution in [3.05, 3.63) is 47.5 Å². The second kappa shape index (κ2) is 9.66. The molecular formula is C24H38P2. The number of hydrogen-bond donors (Lipinski definition) is 0. The van der Waals surface area contributed by atoms with Gasteiger partial charge in [-0.15, -0.1) is 0 Å². The third kappa shape index (κ3) is 5.78. The van der Waals surface area contributed by atoms with Gasteiger partial charge in [-0.2, -0.15) is 0 Å². The van der Waals surface area contributed by atoms with Crippen molar-refractivity contribution < 1.29 is 0 Å². The molecule has 2 heteroatoms. The summed E-state index contributed by atoms with van der Waals surface area (Å²) in [5, 5.41) is 2.82. The van der Waals surface area contributed by atoms with E-state index < -0.39 is 0 Å². The van der Waals surface area contributed by atoms with Crippen LogP contribution in [0, 0.1) is 0 Å². The molecule has 0 aliphatic heterocycles. The van der Waals surface area contributed by atoms with E-state index in [9.17, 15) is 0 Å². The van der Waals surface area contributed by atoms with Crippen LogP contribution in [0.2, 0.25) is 0 Å². The highest BCUT2D eigenvalue weighted by Crippen LogP contribution is 2.50. The molecule has 0 saturated carbocycles. The molecule has 0 aliphatic rings. The molecule has 0 nitrogen and oxygen atoms in total. The van der Waals surface area contributed by atoms with E-state index in [1.165, 1.54) is 34.2 Å². The van der Waals surface area contributed by atoms with Crippen LogP contribution in [0.15, 0.2) is 36.4 Å². The Hall–Kier alpha value is -0.440. The minimum atomic E-state index is 0.0596. The van der Waals surface area contributed by atoms with Crippen LogP contribution < -0.4 is 0 Å². The first-order valence-corrected chi connectivity index (χ1v) is 13.5. The van der Waals surface area contributed by atoms with Gasteiger partial charge in [0.1, 0.15) is 0 Å². The van der Waals surface area contributed by atoms with Crippen molar-refractivity contribution >= 4 is 26.6 Å². The SMILES string of the molecule is CC(C)P(Cc1ccc2cc(CP(C(C)C)C(C)C)ccc2c1)C(C)C. The minimum Gasteiger partial charge on any atom is -0.0970 e. The number of rotatable bonds is 8. The highest BCUT2D eigenvalue weighted by molar-refractivity contribution is 7.58. The van der Waals surface area contributed by atoms with Gasteiger partial charge in [0.25, 0.3) is 0 Å². The molecule has 0 spiro atoms. The number of benzene rings is 2. The Kier molecular flexibility index (Phi) is 8.12. The fraction of sp³-hybridized carbons (Fsp3) is 0.583. The molecule has 2 rings (SSSR count). The van der Waals surface area contributed by atoms with Crippen molar-refractivity contribution in [2.24, 2.45) is 0 Å². The molecule has 0 atom stereocenters. The third-order valence-electron chi connectivity index (χ3n) is 5.35. The van der Waals surface area contributed by atoms with Crippen LogP contribution in [-0.4, -0.2) is 22.6 Å². The van der Waals surface area contributed by atoms with Crippen molar-refractivity contribution in [2.45, 2.75) is 90.3 Å². The fourth-order valence-electron chi connectivity index (χ4n) is 3.89. The summed E-state index contributed by atoms with van der Waals surface area (Å²) in [5.41, 5.74) is 6.24. The van der Waals surface area contributed by atoms with E-state index in [2.05, 4.69) is 91.8 Å². The van der Waals surface area contributed by atoms with Crippen LogP contribution >= 0.6 is 15.8 Å². The van der Waals surface area contributed by atoms with Crippen LogP contribution in [0.25, 0.3) is 10.8 Å². The minimum absolute atomic E-state index is 0.0596. The number of fused-ring (bicyclic) bond motifs is 1. The molecule has 0 bridgehead atoms. The largest absolute Gasteiger partial charge is 0.0970 e. The fourth-order valence-corrected chi connectivity index (χ4v) is 8.97. The first-order chi connectivity index (χ1) is 12.2. The highest BCUT2D eigenvalue weighted by atomic mass is 31.1. The van der Waals surface area contributed by atoms with E-state index in [0.717, 1.165) is 22.6 Å². The summed E-state index contributed by atoms with van der Waals surface area (Å²) in [7, 11) is 0.119. The van der Waals surface area contributed by atoms with Crippen LogP contribution in [0.1, 0.15) is 66.5 Å². The van der Waals surface area contributed by atoms with Gasteiger partial charge in [0, 0.05) is 0 Å². The van der Waals surface area contributed by atoms with Gasteiger partial charge < -0.3 is 0 Å². The summed E-state index contributed by atoms with van der Waals surface area (Å²) < 4.78 is 0. The monoisotopic (exact) mass is 388 g/mol. The maximum Gasteiger partial charge on any atom is -0.00683 e. The van der Waals surface area contributed by atoms with E-state index in [4.69, 9.17) is 0 Å². The summed E-state index contributed by atoms with van der Waals surface area (Å²) in [6.45, 7) is 19.1. The van der Waals surface area contributed by atoms with Crippen LogP contribution in [0.5, 0.6) is 0 Å². The van der Waals surface area contributed by atoms with Crippen molar-refractivity contribution in [1.29, 1.82) is 0 Å². The number of hydrogen-bond acceptors (Lipinski definition) is 0. The molecule has 0 aliphatic carbocycles. The van der Waals surface area contributed by atoms with E-state index in [-0.39, 0.29) is 15.8 Å². The predicted molar refractivity (Wildman–Crippen MR) is 126 cm³/mol. The average molecular weight is 389 g/mol. The second-order valence-corrected chi connectivity index (χ2v) is 15.6. The molecular weight excluding hydrogens is 350 g/mol. The maximum absolute atomic E-state index is 2.44. The lowest BCUT2D eigenvalue weighted by Crippen LogP contribution is -2.06. The Morgan fingerprint density at radius 3 is 1.12 bits per heavy atom. The van der Waals surface area contributed by atoms with Gasteiger partial charge in [-0.3, -0.25) is 0 Å². The molecule has 144 valence electrons. The molecule has 2 aromatic rings. The van der Waals surface area contributed by atoms with E-state index >= 15 is 0 Å². The quantitative estimate of drug-likeness (QED) is 0.398. The summed E-state index contributed by atoms with van der Waals surface area (Å²) in [4.78, 5) is 0. The molecule has 26 heavy (non-hydrogen) atoms. The summed E-state index contributed by atoms with van der Waals surface area (Å²) in [5.74, 6) is 0. The third-order valence-corrected chi connectivity index (χ3v) is 12.1. The Morgan fingerprint density at radius 2 is 0.846 bits per heavy atom. The van der Waals surface area contributed by atoms with Crippen molar-refractivity contribution in [2.75, 3.05) is 0 Å². The molecule has 0 amide bonds. The smallest absolute Gasteiger partial charge is 0.00683 e. The lowest BCUT2D eigenvalue weighted by molar-refractivity contribution is 0.995. The molecule has 0 saturated heterocycles. The normalized spacial score (nSPS) is 12.7. The van der Waals surface area contributed by atoms with Crippen LogP contribution in [0.4, 0.5) is 0 Å². The molecule has 0 aromatic heterocycles. The molecule has 0 radical (unpaired) electrons. The average Bonchev–Trinajstić information content (AvgIpc) is 2.56. The van der Waals surface area contributed by atoms with E-state index in [1.54, 1.807) is 0 Å². The van der Waals surface area contributed by atoms with Crippen LogP contribution in [0.3, 0.4) is 0 Å². The predicted octanol–water partition coefficient (Wildman–Crippen LogP) is 8.44. The Labute approximate surface area is 164 Å². The lowest BCUT2D eigenvalue weighted by atomic mass is 10.1. The van der Waals surface area contributed by atoms with Gasteiger partial charge in [0.2, 0.25) is 0 Å². The molecule has 0 heterocycles. The van der Waals surface area contributed by atoms with Crippen molar-refractivity contribution in [3.8, 4) is 0 Å². The molecule has 2 aromatic carbocycles. The zero-order valence-corrected chi connectivity index (χ0v) is 19.9. The summed E-state index contributed by atoms with van der Waals surface area (Å²) in [6.07, 6.45) is 2.52. The molecule has 0 N–H and O–H groups in total. The zero-order valence-electron chi connectivity index (χ0n) is 18.1. The van der Waals surface area contributed by atoms with Crippen LogP contribution in [-0.2, 0) is 12.3 Å². The van der Waals surface area contributed by atoms with Gasteiger partial charge >= 0.3 is 0 Å². The zero-order chi connectivity index (χ0) is 19.4. The van der Waals surface area contributed by atoms with Crippen molar-refractivity contribution in [3.63, 3.8) is 0 Å². The van der Waals surface area contributed by atoms with Gasteiger partial charge in [-0.1, -0.05) is 108 Å². The topological polar surface area (TPSA) is 0 Å². The highest BCUT2D eigenvalue weighted by Gasteiger charge is 2.18. The Morgan fingerprint density at radius 1 is 0.538 bits per heavy atom. The lowest BCUT2D eigenvalue weighted by Gasteiger charge is -2.26.